The van der Waals surface area contributed by atoms with E-state index in [1.54, 1.807) is 11.5 Å². The molecule has 1 heterocycles. The van der Waals surface area contributed by atoms with Crippen LogP contribution in [0.4, 0.5) is 5.69 Å². The van der Waals surface area contributed by atoms with Crippen molar-refractivity contribution in [1.29, 1.82) is 0 Å². The van der Waals surface area contributed by atoms with Crippen LogP contribution in [0.3, 0.4) is 0 Å². The van der Waals surface area contributed by atoms with Gasteiger partial charge in [-0.05, 0) is 12.8 Å². The Morgan fingerprint density at radius 1 is 1.56 bits per heavy atom. The summed E-state index contributed by atoms with van der Waals surface area (Å²) in [6.45, 7) is 6.58. The van der Waals surface area contributed by atoms with E-state index in [0.717, 1.165) is 6.42 Å². The molecule has 18 heavy (non-hydrogen) atoms. The van der Waals surface area contributed by atoms with Gasteiger partial charge in [0.1, 0.15) is 5.69 Å². The van der Waals surface area contributed by atoms with Crippen molar-refractivity contribution in [3.8, 4) is 0 Å². The molecule has 0 amide bonds. The summed E-state index contributed by atoms with van der Waals surface area (Å²) in [5.74, 6) is -0.181. The zero-order chi connectivity index (χ0) is 13.7. The molecular formula is C12H18N2O4. The Hall–Kier alpha value is -1.85. The van der Waals surface area contributed by atoms with Crippen LogP contribution in [0.15, 0.2) is 12.3 Å². The van der Waals surface area contributed by atoms with Crippen LogP contribution in [0.25, 0.3) is 0 Å². The normalized spacial score (nSPS) is 12.2. The Labute approximate surface area is 106 Å². The smallest absolute Gasteiger partial charge is 0.355 e. The third kappa shape index (κ3) is 3.32. The molecule has 1 atom stereocenters. The van der Waals surface area contributed by atoms with Crippen molar-refractivity contribution in [2.24, 2.45) is 5.92 Å². The summed E-state index contributed by atoms with van der Waals surface area (Å²) < 4.78 is 6.50. The summed E-state index contributed by atoms with van der Waals surface area (Å²) in [4.78, 5) is 21.9. The summed E-state index contributed by atoms with van der Waals surface area (Å²) in [5, 5.41) is 10.7. The summed E-state index contributed by atoms with van der Waals surface area (Å²) in [7, 11) is 0. The van der Waals surface area contributed by atoms with E-state index in [1.807, 2.05) is 13.8 Å². The highest BCUT2D eigenvalue weighted by Crippen LogP contribution is 2.19. The highest BCUT2D eigenvalue weighted by atomic mass is 16.6. The maximum Gasteiger partial charge on any atom is 0.355 e. The van der Waals surface area contributed by atoms with Gasteiger partial charge in [-0.3, -0.25) is 10.1 Å². The quantitative estimate of drug-likeness (QED) is 0.444. The maximum atomic E-state index is 11.7. The first-order chi connectivity index (χ1) is 8.49. The molecule has 1 aromatic heterocycles. The Bertz CT molecular complexity index is 439. The fourth-order valence-corrected chi connectivity index (χ4v) is 1.59. The predicted octanol–water partition coefficient (Wildman–Crippen LogP) is 2.62. The van der Waals surface area contributed by atoms with Gasteiger partial charge in [-0.25, -0.2) is 4.79 Å². The topological polar surface area (TPSA) is 74.4 Å². The van der Waals surface area contributed by atoms with Gasteiger partial charge < -0.3 is 9.30 Å². The highest BCUT2D eigenvalue weighted by Gasteiger charge is 2.20. The maximum absolute atomic E-state index is 11.7. The minimum absolute atomic E-state index is 0.0821. The minimum Gasteiger partial charge on any atom is -0.461 e. The van der Waals surface area contributed by atoms with Crippen LogP contribution in [-0.2, 0) is 11.3 Å². The number of hydrogen-bond acceptors (Lipinski definition) is 4. The molecule has 1 aromatic rings. The van der Waals surface area contributed by atoms with E-state index in [4.69, 9.17) is 4.74 Å². The highest BCUT2D eigenvalue weighted by molar-refractivity contribution is 5.88. The molecule has 0 saturated heterocycles. The number of nitro groups is 1. The van der Waals surface area contributed by atoms with Gasteiger partial charge in [0, 0.05) is 12.6 Å². The number of aromatic nitrogens is 1. The van der Waals surface area contributed by atoms with Gasteiger partial charge in [0.25, 0.3) is 5.69 Å². The largest absolute Gasteiger partial charge is 0.461 e. The molecule has 0 aromatic carbocycles. The Balaban J connectivity index is 3.04. The lowest BCUT2D eigenvalue weighted by atomic mass is 10.1. The van der Waals surface area contributed by atoms with Crippen molar-refractivity contribution in [1.82, 2.24) is 4.57 Å². The van der Waals surface area contributed by atoms with Crippen LogP contribution in [-0.4, -0.2) is 22.1 Å². The molecule has 0 fully saturated rings. The van der Waals surface area contributed by atoms with Crippen molar-refractivity contribution >= 4 is 11.7 Å². The summed E-state index contributed by atoms with van der Waals surface area (Å²) in [5.41, 5.74) is 0.158. The second-order valence-electron chi connectivity index (χ2n) is 4.23. The average molecular weight is 254 g/mol. The first kappa shape index (κ1) is 14.2. The Morgan fingerprint density at radius 2 is 2.22 bits per heavy atom. The van der Waals surface area contributed by atoms with Crippen molar-refractivity contribution in [3.05, 3.63) is 28.1 Å². The first-order valence-electron chi connectivity index (χ1n) is 6.01. The third-order valence-electron chi connectivity index (χ3n) is 2.78. The van der Waals surface area contributed by atoms with E-state index in [9.17, 15) is 14.9 Å². The molecule has 0 aliphatic heterocycles. The van der Waals surface area contributed by atoms with Gasteiger partial charge >= 0.3 is 5.97 Å². The predicted molar refractivity (Wildman–Crippen MR) is 66.5 cm³/mol. The van der Waals surface area contributed by atoms with Crippen LogP contribution in [0.5, 0.6) is 0 Å². The van der Waals surface area contributed by atoms with Gasteiger partial charge in [0.2, 0.25) is 0 Å². The molecule has 1 rings (SSSR count). The van der Waals surface area contributed by atoms with Crippen molar-refractivity contribution in [3.63, 3.8) is 0 Å². The van der Waals surface area contributed by atoms with Crippen molar-refractivity contribution < 1.29 is 14.5 Å². The number of nitrogens with zero attached hydrogens (tertiary/aromatic N) is 2. The second-order valence-corrected chi connectivity index (χ2v) is 4.23. The van der Waals surface area contributed by atoms with Gasteiger partial charge in [0.15, 0.2) is 0 Å². The average Bonchev–Trinajstić information content (AvgIpc) is 2.73. The standard InChI is InChI=1S/C12H18N2O4/c1-4-9(3)7-13-8-10(14(16)17)6-11(13)12(15)18-5-2/h6,8-9H,4-5,7H2,1-3H3/t9-/m0/s1. The zero-order valence-corrected chi connectivity index (χ0v) is 10.9. The van der Waals surface area contributed by atoms with E-state index >= 15 is 0 Å². The number of esters is 1. The molecule has 6 heteroatoms. The molecule has 0 radical (unpaired) electrons. The molecule has 100 valence electrons. The third-order valence-corrected chi connectivity index (χ3v) is 2.78. The number of hydrogen-bond donors (Lipinski definition) is 0. The molecular weight excluding hydrogens is 236 g/mol. The van der Waals surface area contributed by atoms with E-state index in [-0.39, 0.29) is 18.0 Å². The molecule has 0 aliphatic carbocycles. The first-order valence-corrected chi connectivity index (χ1v) is 6.01. The van der Waals surface area contributed by atoms with Crippen molar-refractivity contribution in [2.45, 2.75) is 33.7 Å². The van der Waals surface area contributed by atoms with E-state index in [2.05, 4.69) is 0 Å². The summed E-state index contributed by atoms with van der Waals surface area (Å²) in [6, 6.07) is 1.26. The fraction of sp³-hybridized carbons (Fsp3) is 0.583. The minimum atomic E-state index is -0.520. The lowest BCUT2D eigenvalue weighted by Crippen LogP contribution is -2.14. The van der Waals surface area contributed by atoms with E-state index in [0.29, 0.717) is 12.5 Å². The zero-order valence-electron chi connectivity index (χ0n) is 10.9. The number of carbonyl (C=O) groups excluding carboxylic acids is 1. The number of ether oxygens (including phenoxy) is 1. The van der Waals surface area contributed by atoms with Crippen LogP contribution < -0.4 is 0 Å². The lowest BCUT2D eigenvalue weighted by molar-refractivity contribution is -0.384. The summed E-state index contributed by atoms with van der Waals surface area (Å²) >= 11 is 0. The van der Waals surface area contributed by atoms with Gasteiger partial charge in [-0.1, -0.05) is 20.3 Å². The Kier molecular flexibility index (Phi) is 4.88. The SMILES string of the molecule is CCOC(=O)c1cc([N+](=O)[O-])cn1C[C@@H](C)CC. The van der Waals surface area contributed by atoms with Crippen molar-refractivity contribution in [2.75, 3.05) is 6.61 Å². The van der Waals surface area contributed by atoms with Crippen LogP contribution in [0.1, 0.15) is 37.7 Å². The lowest BCUT2D eigenvalue weighted by Gasteiger charge is -2.12. The van der Waals surface area contributed by atoms with Crippen LogP contribution >= 0.6 is 0 Å². The number of carbonyl (C=O) groups is 1. The van der Waals surface area contributed by atoms with E-state index in [1.165, 1.54) is 12.3 Å². The fourth-order valence-electron chi connectivity index (χ4n) is 1.59. The van der Waals surface area contributed by atoms with Crippen LogP contribution in [0, 0.1) is 16.0 Å². The molecule has 0 bridgehead atoms. The Morgan fingerprint density at radius 3 is 2.72 bits per heavy atom. The molecule has 0 saturated carbocycles. The molecule has 0 spiro atoms. The van der Waals surface area contributed by atoms with Gasteiger partial charge in [0.05, 0.1) is 17.7 Å². The summed E-state index contributed by atoms with van der Waals surface area (Å²) in [6.07, 6.45) is 2.33. The molecule has 0 aliphatic rings. The molecule has 0 N–H and O–H groups in total. The monoisotopic (exact) mass is 254 g/mol. The number of rotatable bonds is 6. The van der Waals surface area contributed by atoms with Gasteiger partial charge in [-0.15, -0.1) is 0 Å². The van der Waals surface area contributed by atoms with Gasteiger partial charge in [-0.2, -0.15) is 0 Å². The molecule has 6 nitrogen and oxygen atoms in total. The van der Waals surface area contributed by atoms with Crippen LogP contribution in [0.2, 0.25) is 0 Å². The molecule has 0 unspecified atom stereocenters. The van der Waals surface area contributed by atoms with E-state index < -0.39 is 10.9 Å². The second kappa shape index (κ2) is 6.18.